The number of fused-ring (bicyclic) bond motifs is 2. The Bertz CT molecular complexity index is 2040. The number of aromatic nitrogens is 2. The zero-order chi connectivity index (χ0) is 37.7. The van der Waals surface area contributed by atoms with E-state index in [1.165, 1.54) is 21.9 Å². The molecule has 2 unspecified atom stereocenters. The molecule has 272 valence electrons. The molecular formula is C38H38BBrCl2F2N4O4. The molecule has 4 aromatic rings. The zero-order valence-corrected chi connectivity index (χ0v) is 32.7. The number of anilines is 2. The molecule has 0 N–H and O–H groups in total. The SMILES string of the molecule is CC1CN(C(=O)Cc2cccnc2Cl)c2c(F)cc(B3OC(C)(C)C(C)(C)O3)cc21.CC1CN(C(=O)Cc2cccnc2Cl)c2c(F)cc(Br)cc21. The van der Waals surface area contributed by atoms with E-state index in [0.717, 1.165) is 11.1 Å². The lowest BCUT2D eigenvalue weighted by Crippen LogP contribution is -2.41. The molecule has 0 aliphatic carbocycles. The van der Waals surface area contributed by atoms with Crippen LogP contribution in [-0.2, 0) is 31.7 Å². The molecule has 1 saturated heterocycles. The van der Waals surface area contributed by atoms with Crippen LogP contribution in [0.2, 0.25) is 10.3 Å². The molecule has 2 aromatic heterocycles. The van der Waals surface area contributed by atoms with Gasteiger partial charge in [-0.2, -0.15) is 0 Å². The van der Waals surface area contributed by atoms with Gasteiger partial charge in [0.05, 0.1) is 35.4 Å². The van der Waals surface area contributed by atoms with Crippen LogP contribution in [0, 0.1) is 11.6 Å². The van der Waals surface area contributed by atoms with Gasteiger partial charge in [0.1, 0.15) is 21.9 Å². The number of nitrogens with zero attached hydrogens (tertiary/aromatic N) is 4. The van der Waals surface area contributed by atoms with Crippen molar-refractivity contribution in [1.29, 1.82) is 0 Å². The molecule has 3 aliphatic rings. The monoisotopic (exact) mass is 812 g/mol. The van der Waals surface area contributed by atoms with E-state index < -0.39 is 24.1 Å². The van der Waals surface area contributed by atoms with Crippen LogP contribution in [0.15, 0.2) is 65.4 Å². The predicted molar refractivity (Wildman–Crippen MR) is 204 cm³/mol. The van der Waals surface area contributed by atoms with E-state index in [-0.39, 0.29) is 47.5 Å². The molecule has 7 rings (SSSR count). The first-order chi connectivity index (χ1) is 24.5. The van der Waals surface area contributed by atoms with Gasteiger partial charge < -0.3 is 19.1 Å². The summed E-state index contributed by atoms with van der Waals surface area (Å²) in [5.74, 6) is -1.15. The Labute approximate surface area is 321 Å². The molecule has 0 bridgehead atoms. The highest BCUT2D eigenvalue weighted by atomic mass is 79.9. The van der Waals surface area contributed by atoms with Crippen molar-refractivity contribution in [2.24, 2.45) is 0 Å². The van der Waals surface area contributed by atoms with Crippen LogP contribution in [0.3, 0.4) is 0 Å². The Morgan fingerprint density at radius 3 is 1.71 bits per heavy atom. The lowest BCUT2D eigenvalue weighted by Gasteiger charge is -2.32. The largest absolute Gasteiger partial charge is 0.494 e. The summed E-state index contributed by atoms with van der Waals surface area (Å²) in [6.07, 6.45) is 3.31. The first-order valence-electron chi connectivity index (χ1n) is 16.9. The summed E-state index contributed by atoms with van der Waals surface area (Å²) >= 11 is 15.4. The van der Waals surface area contributed by atoms with Crippen molar-refractivity contribution in [2.45, 2.75) is 77.4 Å². The zero-order valence-electron chi connectivity index (χ0n) is 29.6. The van der Waals surface area contributed by atoms with E-state index in [1.54, 1.807) is 36.7 Å². The lowest BCUT2D eigenvalue weighted by atomic mass is 9.77. The molecule has 8 nitrogen and oxygen atoms in total. The second-order valence-electron chi connectivity index (χ2n) is 14.4. The van der Waals surface area contributed by atoms with Crippen LogP contribution in [0.25, 0.3) is 0 Å². The number of hydrogen-bond acceptors (Lipinski definition) is 6. The second kappa shape index (κ2) is 14.8. The molecule has 3 aliphatic heterocycles. The van der Waals surface area contributed by atoms with Gasteiger partial charge in [0.15, 0.2) is 0 Å². The molecule has 0 spiro atoms. The van der Waals surface area contributed by atoms with Crippen molar-refractivity contribution in [3.8, 4) is 0 Å². The Morgan fingerprint density at radius 1 is 0.808 bits per heavy atom. The highest BCUT2D eigenvalue weighted by Gasteiger charge is 2.52. The van der Waals surface area contributed by atoms with Crippen LogP contribution in [0.5, 0.6) is 0 Å². The number of amides is 2. The standard InChI is InChI=1S/C22H25BClFN2O3.C16H13BrClFN2O/c1-13-12-27(18(28)9-14-7-6-8-26-20(14)24)19-16(13)10-15(11-17(19)25)23-29-21(2,3)22(4,5)30-23;1-9-8-21(15-12(9)6-11(17)7-13(15)19)14(22)5-10-3-2-4-20-16(10)18/h6-8,10-11,13H,9,12H2,1-5H3;2-4,6-7,9H,5,8H2,1H3. The number of pyridine rings is 2. The molecule has 14 heteroatoms. The van der Waals surface area contributed by atoms with Crippen molar-refractivity contribution in [1.82, 2.24) is 9.97 Å². The van der Waals surface area contributed by atoms with Crippen LogP contribution in [0.1, 0.15) is 75.6 Å². The van der Waals surface area contributed by atoms with Crippen molar-refractivity contribution in [2.75, 3.05) is 22.9 Å². The predicted octanol–water partition coefficient (Wildman–Crippen LogP) is 8.20. The minimum absolute atomic E-state index is 0.00908. The van der Waals surface area contributed by atoms with Gasteiger partial charge in [-0.1, -0.05) is 71.2 Å². The molecule has 2 aromatic carbocycles. The summed E-state index contributed by atoms with van der Waals surface area (Å²) in [7, 11) is -0.652. The van der Waals surface area contributed by atoms with Gasteiger partial charge >= 0.3 is 7.12 Å². The molecule has 2 atom stereocenters. The third kappa shape index (κ3) is 7.50. The van der Waals surface area contributed by atoms with Gasteiger partial charge in [-0.25, -0.2) is 18.7 Å². The summed E-state index contributed by atoms with van der Waals surface area (Å²) in [5, 5.41) is 0.592. The molecule has 0 radical (unpaired) electrons. The lowest BCUT2D eigenvalue weighted by molar-refractivity contribution is -0.118. The van der Waals surface area contributed by atoms with E-state index in [2.05, 4.69) is 25.9 Å². The van der Waals surface area contributed by atoms with Crippen molar-refractivity contribution in [3.63, 3.8) is 0 Å². The average Bonchev–Trinajstić information content (AvgIpc) is 3.67. The summed E-state index contributed by atoms with van der Waals surface area (Å²) in [6.45, 7) is 12.7. The fraction of sp³-hybridized carbons (Fsp3) is 0.368. The molecule has 52 heavy (non-hydrogen) atoms. The molecule has 2 amide bonds. The fourth-order valence-corrected chi connectivity index (χ4v) is 7.48. The van der Waals surface area contributed by atoms with E-state index in [0.29, 0.717) is 50.7 Å². The third-order valence-electron chi connectivity index (χ3n) is 10.2. The van der Waals surface area contributed by atoms with Crippen LogP contribution >= 0.6 is 39.1 Å². The molecule has 5 heterocycles. The van der Waals surface area contributed by atoms with E-state index in [1.807, 2.05) is 53.7 Å². The molecular weight excluding hydrogens is 776 g/mol. The Hall–Kier alpha value is -3.42. The van der Waals surface area contributed by atoms with Gasteiger partial charge in [0.2, 0.25) is 11.8 Å². The van der Waals surface area contributed by atoms with Crippen molar-refractivity contribution < 1.29 is 27.7 Å². The van der Waals surface area contributed by atoms with Crippen LogP contribution in [0.4, 0.5) is 20.2 Å². The maximum Gasteiger partial charge on any atom is 0.494 e. The van der Waals surface area contributed by atoms with Gasteiger partial charge in [0, 0.05) is 41.8 Å². The highest BCUT2D eigenvalue weighted by molar-refractivity contribution is 9.10. The normalized spacial score (nSPS) is 19.6. The number of rotatable bonds is 5. The molecule has 0 saturated carbocycles. The van der Waals surface area contributed by atoms with E-state index >= 15 is 4.39 Å². The van der Waals surface area contributed by atoms with Crippen molar-refractivity contribution in [3.05, 3.63) is 110 Å². The maximum atomic E-state index is 15.2. The second-order valence-corrected chi connectivity index (χ2v) is 16.1. The van der Waals surface area contributed by atoms with Crippen molar-refractivity contribution >= 4 is 74.9 Å². The summed E-state index contributed by atoms with van der Waals surface area (Å²) in [5.41, 5.74) is 3.21. The number of carbonyl (C=O) groups excluding carboxylic acids is 2. The Balaban J connectivity index is 0.000000187. The maximum absolute atomic E-state index is 15.2. The van der Waals surface area contributed by atoms with Crippen LogP contribution in [-0.4, -0.2) is 53.2 Å². The number of hydrogen-bond donors (Lipinski definition) is 0. The van der Waals surface area contributed by atoms with Gasteiger partial charge in [0.25, 0.3) is 0 Å². The van der Waals surface area contributed by atoms with Gasteiger partial charge in [-0.05, 0) is 85.7 Å². The topological polar surface area (TPSA) is 84.9 Å². The average molecular weight is 814 g/mol. The Kier molecular flexibility index (Phi) is 10.9. The van der Waals surface area contributed by atoms with Gasteiger partial charge in [-0.3, -0.25) is 9.59 Å². The summed E-state index contributed by atoms with van der Waals surface area (Å²) < 4.78 is 42.4. The Morgan fingerprint density at radius 2 is 1.25 bits per heavy atom. The van der Waals surface area contributed by atoms with E-state index in [9.17, 15) is 14.0 Å². The first kappa shape index (κ1) is 38.3. The highest BCUT2D eigenvalue weighted by Crippen LogP contribution is 2.42. The minimum atomic E-state index is -0.652. The fourth-order valence-electron chi connectivity index (χ4n) is 6.66. The van der Waals surface area contributed by atoms with Gasteiger partial charge in [-0.15, -0.1) is 0 Å². The summed E-state index contributed by atoms with van der Waals surface area (Å²) in [6, 6.07) is 13.5. The number of halogens is 5. The number of benzene rings is 2. The summed E-state index contributed by atoms with van der Waals surface area (Å²) in [4.78, 5) is 36.5. The smallest absolute Gasteiger partial charge is 0.399 e. The quantitative estimate of drug-likeness (QED) is 0.149. The van der Waals surface area contributed by atoms with E-state index in [4.69, 9.17) is 32.5 Å². The first-order valence-corrected chi connectivity index (χ1v) is 18.5. The van der Waals surface area contributed by atoms with Crippen LogP contribution < -0.4 is 15.3 Å². The molecule has 1 fully saturated rings. The third-order valence-corrected chi connectivity index (χ3v) is 11.3. The minimum Gasteiger partial charge on any atom is -0.399 e. The number of carbonyl (C=O) groups is 2.